The van der Waals surface area contributed by atoms with Crippen LogP contribution in [0.15, 0.2) is 6.07 Å². The van der Waals surface area contributed by atoms with Crippen LogP contribution in [0.5, 0.6) is 0 Å². The third-order valence-corrected chi connectivity index (χ3v) is 5.73. The maximum absolute atomic E-state index is 12.3. The number of carbonyl (C=O) groups is 2. The molecule has 20 heavy (non-hydrogen) atoms. The predicted molar refractivity (Wildman–Crippen MR) is 79.3 cm³/mol. The van der Waals surface area contributed by atoms with Gasteiger partial charge in [0.25, 0.3) is 5.91 Å². The fourth-order valence-corrected chi connectivity index (χ4v) is 3.36. The minimum atomic E-state index is -1.04. The molecule has 4 nitrogen and oxygen atoms in total. The fourth-order valence-electron chi connectivity index (χ4n) is 2.21. The first-order valence-electron chi connectivity index (χ1n) is 6.82. The highest BCUT2D eigenvalue weighted by Gasteiger charge is 2.44. The first kappa shape index (κ1) is 15.0. The number of amides is 1. The molecule has 2 N–H and O–H groups in total. The molecule has 5 heteroatoms. The fraction of sp³-hybridized carbons (Fsp3) is 0.600. The van der Waals surface area contributed by atoms with Gasteiger partial charge in [-0.2, -0.15) is 0 Å². The van der Waals surface area contributed by atoms with Crippen LogP contribution in [0.2, 0.25) is 0 Å². The van der Waals surface area contributed by atoms with Crippen LogP contribution in [-0.2, 0) is 17.6 Å². The van der Waals surface area contributed by atoms with Gasteiger partial charge in [-0.1, -0.05) is 0 Å². The lowest BCUT2D eigenvalue weighted by molar-refractivity contribution is -0.150. The quantitative estimate of drug-likeness (QED) is 0.897. The SMILES string of the molecule is CC(C)(NC(=O)c1cc2c(s1)CCC2)C(C)(C)C(=O)O. The van der Waals surface area contributed by atoms with E-state index >= 15 is 0 Å². The molecule has 1 amide bonds. The molecule has 0 spiro atoms. The summed E-state index contributed by atoms with van der Waals surface area (Å²) in [6, 6.07) is 1.95. The number of fused-ring (bicyclic) bond motifs is 1. The molecular formula is C15H21NO3S. The molecule has 110 valence electrons. The van der Waals surface area contributed by atoms with Crippen LogP contribution in [0.25, 0.3) is 0 Å². The molecule has 0 aliphatic heterocycles. The number of rotatable bonds is 4. The summed E-state index contributed by atoms with van der Waals surface area (Å²) in [6.45, 7) is 6.76. The molecule has 2 rings (SSSR count). The minimum absolute atomic E-state index is 0.177. The van der Waals surface area contributed by atoms with Gasteiger partial charge in [0.05, 0.1) is 15.8 Å². The average Bonchev–Trinajstić information content (AvgIpc) is 2.87. The van der Waals surface area contributed by atoms with Crippen LogP contribution >= 0.6 is 11.3 Å². The molecule has 0 unspecified atom stereocenters. The first-order chi connectivity index (χ1) is 9.15. The van der Waals surface area contributed by atoms with Crippen LogP contribution < -0.4 is 5.32 Å². The summed E-state index contributed by atoms with van der Waals surface area (Å²) in [5.74, 6) is -1.10. The summed E-state index contributed by atoms with van der Waals surface area (Å²) in [7, 11) is 0. The highest BCUT2D eigenvalue weighted by atomic mass is 32.1. The summed E-state index contributed by atoms with van der Waals surface area (Å²) in [5, 5.41) is 12.2. The minimum Gasteiger partial charge on any atom is -0.481 e. The number of hydrogen-bond acceptors (Lipinski definition) is 3. The first-order valence-corrected chi connectivity index (χ1v) is 7.64. The van der Waals surface area contributed by atoms with Gasteiger partial charge in [0, 0.05) is 4.88 Å². The van der Waals surface area contributed by atoms with Crippen molar-refractivity contribution in [2.24, 2.45) is 5.41 Å². The Hall–Kier alpha value is -1.36. The number of nitrogens with one attached hydrogen (secondary N) is 1. The Labute approximate surface area is 123 Å². The highest BCUT2D eigenvalue weighted by Crippen LogP contribution is 2.33. The van der Waals surface area contributed by atoms with Crippen molar-refractivity contribution in [2.45, 2.75) is 52.5 Å². The zero-order chi connectivity index (χ0) is 15.1. The lowest BCUT2D eigenvalue weighted by atomic mass is 9.74. The molecule has 0 fully saturated rings. The van der Waals surface area contributed by atoms with Gasteiger partial charge in [0.2, 0.25) is 0 Å². The molecule has 0 saturated heterocycles. The van der Waals surface area contributed by atoms with E-state index in [1.165, 1.54) is 28.2 Å². The molecule has 1 aromatic heterocycles. The Morgan fingerprint density at radius 1 is 1.25 bits per heavy atom. The second-order valence-electron chi connectivity index (χ2n) is 6.42. The number of thiophene rings is 1. The van der Waals surface area contributed by atoms with Crippen LogP contribution in [0.1, 0.15) is 54.2 Å². The van der Waals surface area contributed by atoms with Crippen LogP contribution in [0.4, 0.5) is 0 Å². The third-order valence-electron chi connectivity index (χ3n) is 4.49. The maximum atomic E-state index is 12.3. The number of hydrogen-bond donors (Lipinski definition) is 2. The molecule has 1 aromatic rings. The Balaban J connectivity index is 2.16. The van der Waals surface area contributed by atoms with Crippen molar-refractivity contribution in [1.29, 1.82) is 0 Å². The Morgan fingerprint density at radius 2 is 1.90 bits per heavy atom. The largest absolute Gasteiger partial charge is 0.481 e. The Kier molecular flexibility index (Phi) is 3.67. The van der Waals surface area contributed by atoms with Crippen molar-refractivity contribution < 1.29 is 14.7 Å². The van der Waals surface area contributed by atoms with Crippen molar-refractivity contribution >= 4 is 23.2 Å². The van der Waals surface area contributed by atoms with E-state index in [4.69, 9.17) is 0 Å². The molecule has 1 heterocycles. The van der Waals surface area contributed by atoms with E-state index in [-0.39, 0.29) is 5.91 Å². The van der Waals surface area contributed by atoms with Crippen molar-refractivity contribution in [3.8, 4) is 0 Å². The molecule has 0 atom stereocenters. The zero-order valence-electron chi connectivity index (χ0n) is 12.4. The molecule has 0 saturated carbocycles. The van der Waals surface area contributed by atoms with Crippen molar-refractivity contribution in [2.75, 3.05) is 0 Å². The maximum Gasteiger partial charge on any atom is 0.311 e. The van der Waals surface area contributed by atoms with E-state index in [2.05, 4.69) is 5.32 Å². The van der Waals surface area contributed by atoms with Crippen molar-refractivity contribution in [3.05, 3.63) is 21.4 Å². The number of carbonyl (C=O) groups excluding carboxylic acids is 1. The molecule has 1 aliphatic carbocycles. The summed E-state index contributed by atoms with van der Waals surface area (Å²) >= 11 is 1.53. The van der Waals surface area contributed by atoms with E-state index in [1.54, 1.807) is 27.7 Å². The van der Waals surface area contributed by atoms with E-state index < -0.39 is 16.9 Å². The highest BCUT2D eigenvalue weighted by molar-refractivity contribution is 7.14. The lowest BCUT2D eigenvalue weighted by Gasteiger charge is -2.38. The van der Waals surface area contributed by atoms with E-state index in [9.17, 15) is 14.7 Å². The molecular weight excluding hydrogens is 274 g/mol. The smallest absolute Gasteiger partial charge is 0.311 e. The number of aryl methyl sites for hydroxylation is 2. The van der Waals surface area contributed by atoms with Gasteiger partial charge < -0.3 is 10.4 Å². The van der Waals surface area contributed by atoms with E-state index in [1.807, 2.05) is 6.07 Å². The van der Waals surface area contributed by atoms with Crippen molar-refractivity contribution in [1.82, 2.24) is 5.32 Å². The summed E-state index contributed by atoms with van der Waals surface area (Å²) in [5.41, 5.74) is -0.594. The van der Waals surface area contributed by atoms with Gasteiger partial charge >= 0.3 is 5.97 Å². The summed E-state index contributed by atoms with van der Waals surface area (Å²) < 4.78 is 0. The zero-order valence-corrected chi connectivity index (χ0v) is 13.2. The second kappa shape index (κ2) is 4.88. The van der Waals surface area contributed by atoms with Gasteiger partial charge in [-0.25, -0.2) is 0 Å². The molecule has 0 aromatic carbocycles. The Morgan fingerprint density at radius 3 is 2.45 bits per heavy atom. The number of carboxylic acid groups (broad SMARTS) is 1. The van der Waals surface area contributed by atoms with Gasteiger partial charge in [-0.05, 0) is 58.6 Å². The Bertz CT molecular complexity index is 536. The standard InChI is InChI=1S/C15H21NO3S/c1-14(2,13(18)19)15(3,4)16-12(17)11-8-9-6-5-7-10(9)20-11/h8H,5-7H2,1-4H3,(H,16,17)(H,18,19). The molecule has 0 bridgehead atoms. The summed E-state index contributed by atoms with van der Waals surface area (Å²) in [6.07, 6.45) is 3.26. The van der Waals surface area contributed by atoms with E-state index in [0.29, 0.717) is 4.88 Å². The van der Waals surface area contributed by atoms with Crippen LogP contribution in [0.3, 0.4) is 0 Å². The van der Waals surface area contributed by atoms with Crippen molar-refractivity contribution in [3.63, 3.8) is 0 Å². The molecule has 1 aliphatic rings. The van der Waals surface area contributed by atoms with Gasteiger partial charge in [-0.3, -0.25) is 9.59 Å². The van der Waals surface area contributed by atoms with Crippen LogP contribution in [-0.4, -0.2) is 22.5 Å². The van der Waals surface area contributed by atoms with Crippen LogP contribution in [0, 0.1) is 5.41 Å². The third kappa shape index (κ3) is 2.46. The normalized spacial score (nSPS) is 15.0. The predicted octanol–water partition coefficient (Wildman–Crippen LogP) is 2.86. The topological polar surface area (TPSA) is 66.4 Å². The monoisotopic (exact) mass is 295 g/mol. The summed E-state index contributed by atoms with van der Waals surface area (Å²) in [4.78, 5) is 25.7. The van der Waals surface area contributed by atoms with Gasteiger partial charge in [0.15, 0.2) is 0 Å². The average molecular weight is 295 g/mol. The molecule has 0 radical (unpaired) electrons. The van der Waals surface area contributed by atoms with E-state index in [0.717, 1.165) is 12.8 Å². The number of aliphatic carboxylic acids is 1. The number of carboxylic acids is 1. The lowest BCUT2D eigenvalue weighted by Crippen LogP contribution is -2.56. The van der Waals surface area contributed by atoms with Gasteiger partial charge in [-0.15, -0.1) is 11.3 Å². The second-order valence-corrected chi connectivity index (χ2v) is 7.56. The van der Waals surface area contributed by atoms with Gasteiger partial charge in [0.1, 0.15) is 0 Å².